The van der Waals surface area contributed by atoms with Gasteiger partial charge >= 0.3 is 6.18 Å². The van der Waals surface area contributed by atoms with Crippen molar-refractivity contribution in [2.75, 3.05) is 18.4 Å². The summed E-state index contributed by atoms with van der Waals surface area (Å²) in [4.78, 5) is 15.7. The van der Waals surface area contributed by atoms with E-state index in [4.69, 9.17) is 4.42 Å². The number of fused-ring (bicyclic) bond motifs is 1. The Morgan fingerprint density at radius 1 is 1.29 bits per heavy atom. The minimum absolute atomic E-state index is 0.0421. The zero-order valence-corrected chi connectivity index (χ0v) is 13.1. The number of aromatic nitrogens is 1. The minimum atomic E-state index is -4.67. The van der Waals surface area contributed by atoms with E-state index in [-0.39, 0.29) is 19.1 Å². The van der Waals surface area contributed by atoms with Crippen molar-refractivity contribution in [2.45, 2.75) is 26.1 Å². The Morgan fingerprint density at radius 2 is 1.96 bits per heavy atom. The number of nitrogens with one attached hydrogen (secondary N) is 2. The predicted molar refractivity (Wildman–Crippen MR) is 81.4 cm³/mol. The van der Waals surface area contributed by atoms with Gasteiger partial charge in [-0.15, -0.1) is 0 Å². The second-order valence-electron chi connectivity index (χ2n) is 5.85. The van der Waals surface area contributed by atoms with Gasteiger partial charge in [0.2, 0.25) is 5.91 Å². The van der Waals surface area contributed by atoms with Crippen LogP contribution in [0.3, 0.4) is 0 Å². The molecule has 1 unspecified atom stereocenters. The summed E-state index contributed by atoms with van der Waals surface area (Å²) in [5.41, 5.74) is -1.33. The van der Waals surface area contributed by atoms with E-state index in [1.54, 1.807) is 24.3 Å². The number of oxazole rings is 1. The average molecular weight is 345 g/mol. The van der Waals surface area contributed by atoms with Crippen molar-refractivity contribution >= 4 is 23.0 Å². The molecule has 2 rings (SSSR count). The molecule has 0 bridgehead atoms. The molecule has 1 aromatic carbocycles. The molecule has 0 fully saturated rings. The Morgan fingerprint density at radius 3 is 2.58 bits per heavy atom. The highest BCUT2D eigenvalue weighted by atomic mass is 19.4. The molecule has 1 amide bonds. The number of anilines is 1. The van der Waals surface area contributed by atoms with Gasteiger partial charge in [-0.1, -0.05) is 12.1 Å². The van der Waals surface area contributed by atoms with Crippen molar-refractivity contribution in [2.24, 2.45) is 5.41 Å². The van der Waals surface area contributed by atoms with E-state index in [0.29, 0.717) is 11.1 Å². The third kappa shape index (κ3) is 3.97. The molecule has 1 heterocycles. The van der Waals surface area contributed by atoms with Gasteiger partial charge in [0.25, 0.3) is 6.01 Å². The number of aliphatic hydroxyl groups is 1. The van der Waals surface area contributed by atoms with Gasteiger partial charge < -0.3 is 20.2 Å². The molecule has 9 heteroatoms. The van der Waals surface area contributed by atoms with Crippen LogP contribution in [-0.4, -0.2) is 41.4 Å². The SMILES string of the molecule is CC(C)(C(=O)NCC(O)CNc1nc2ccccc2o1)C(F)(F)F. The summed E-state index contributed by atoms with van der Waals surface area (Å²) in [7, 11) is 0. The van der Waals surface area contributed by atoms with Gasteiger partial charge in [-0.25, -0.2) is 0 Å². The van der Waals surface area contributed by atoms with Crippen molar-refractivity contribution in [3.63, 3.8) is 0 Å². The topological polar surface area (TPSA) is 87.4 Å². The van der Waals surface area contributed by atoms with Crippen molar-refractivity contribution in [3.8, 4) is 0 Å². The van der Waals surface area contributed by atoms with Crippen molar-refractivity contribution < 1.29 is 27.5 Å². The minimum Gasteiger partial charge on any atom is -0.424 e. The molecular formula is C15H18F3N3O3. The van der Waals surface area contributed by atoms with Gasteiger partial charge in [0.05, 0.1) is 6.10 Å². The smallest absolute Gasteiger partial charge is 0.402 e. The van der Waals surface area contributed by atoms with Crippen LogP contribution >= 0.6 is 0 Å². The van der Waals surface area contributed by atoms with Crippen LogP contribution < -0.4 is 10.6 Å². The molecule has 0 saturated heterocycles. The number of amides is 1. The van der Waals surface area contributed by atoms with E-state index in [9.17, 15) is 23.1 Å². The molecule has 0 radical (unpaired) electrons. The lowest BCUT2D eigenvalue weighted by Crippen LogP contribution is -2.49. The van der Waals surface area contributed by atoms with Gasteiger partial charge in [-0.2, -0.15) is 18.2 Å². The number of benzene rings is 1. The summed E-state index contributed by atoms with van der Waals surface area (Å²) in [6, 6.07) is 7.23. The molecular weight excluding hydrogens is 327 g/mol. The Hall–Kier alpha value is -2.29. The molecule has 0 spiro atoms. The molecule has 1 aromatic heterocycles. The number of hydrogen-bond acceptors (Lipinski definition) is 5. The summed E-state index contributed by atoms with van der Waals surface area (Å²) in [5.74, 6) is -1.20. The monoisotopic (exact) mass is 345 g/mol. The van der Waals surface area contributed by atoms with Crippen LogP contribution in [0.4, 0.5) is 19.2 Å². The van der Waals surface area contributed by atoms with Crippen molar-refractivity contribution in [1.82, 2.24) is 10.3 Å². The number of carbonyl (C=O) groups excluding carboxylic acids is 1. The largest absolute Gasteiger partial charge is 0.424 e. The number of halogens is 3. The van der Waals surface area contributed by atoms with Crippen LogP contribution in [-0.2, 0) is 4.79 Å². The van der Waals surface area contributed by atoms with Crippen molar-refractivity contribution in [1.29, 1.82) is 0 Å². The molecule has 24 heavy (non-hydrogen) atoms. The third-order valence-electron chi connectivity index (χ3n) is 3.56. The van der Waals surface area contributed by atoms with E-state index in [1.165, 1.54) is 0 Å². The fourth-order valence-corrected chi connectivity index (χ4v) is 1.79. The van der Waals surface area contributed by atoms with Crippen LogP contribution in [0, 0.1) is 5.41 Å². The van der Waals surface area contributed by atoms with E-state index >= 15 is 0 Å². The lowest BCUT2D eigenvalue weighted by atomic mass is 9.91. The summed E-state index contributed by atoms with van der Waals surface area (Å²) in [5, 5.41) is 14.6. The fourth-order valence-electron chi connectivity index (χ4n) is 1.79. The molecule has 0 aliphatic heterocycles. The zero-order chi connectivity index (χ0) is 18.0. The summed E-state index contributed by atoms with van der Waals surface area (Å²) in [6.45, 7) is 1.20. The summed E-state index contributed by atoms with van der Waals surface area (Å²) in [6.07, 6.45) is -5.77. The van der Waals surface area contributed by atoms with E-state index in [1.807, 2.05) is 0 Å². The van der Waals surface area contributed by atoms with Crippen LogP contribution in [0.25, 0.3) is 11.1 Å². The highest BCUT2D eigenvalue weighted by molar-refractivity contribution is 5.82. The van der Waals surface area contributed by atoms with Gasteiger partial charge in [0.15, 0.2) is 5.58 Å². The molecule has 0 saturated carbocycles. The number of alkyl halides is 3. The molecule has 132 valence electrons. The third-order valence-corrected chi connectivity index (χ3v) is 3.56. The Bertz CT molecular complexity index is 680. The fraction of sp³-hybridized carbons (Fsp3) is 0.467. The lowest BCUT2D eigenvalue weighted by Gasteiger charge is -2.26. The molecule has 1 atom stereocenters. The van der Waals surface area contributed by atoms with Crippen LogP contribution in [0.15, 0.2) is 28.7 Å². The Labute approximate surface area is 136 Å². The summed E-state index contributed by atoms with van der Waals surface area (Å²) < 4.78 is 43.5. The first-order valence-electron chi connectivity index (χ1n) is 7.24. The maximum atomic E-state index is 12.7. The number of rotatable bonds is 6. The standard InChI is InChI=1S/C15H18F3N3O3/c1-14(2,15(16,17)18)12(23)19-7-9(22)8-20-13-21-10-5-3-4-6-11(10)24-13/h3-6,9,22H,7-8H2,1-2H3,(H,19,23)(H,20,21). The quantitative estimate of drug-likeness (QED) is 0.748. The molecule has 0 aliphatic carbocycles. The second kappa shape index (κ2) is 6.68. The average Bonchev–Trinajstić information content (AvgIpc) is 2.92. The van der Waals surface area contributed by atoms with E-state index in [2.05, 4.69) is 15.6 Å². The maximum absolute atomic E-state index is 12.7. The normalized spacial score (nSPS) is 13.8. The summed E-state index contributed by atoms with van der Waals surface area (Å²) >= 11 is 0. The molecule has 0 aliphatic rings. The number of carbonyl (C=O) groups is 1. The van der Waals surface area contributed by atoms with E-state index in [0.717, 1.165) is 13.8 Å². The van der Waals surface area contributed by atoms with Crippen LogP contribution in [0.2, 0.25) is 0 Å². The first-order chi connectivity index (χ1) is 11.1. The molecule has 3 N–H and O–H groups in total. The number of nitrogens with zero attached hydrogens (tertiary/aromatic N) is 1. The number of aliphatic hydroxyl groups excluding tert-OH is 1. The number of para-hydroxylation sites is 2. The van der Waals surface area contributed by atoms with Gasteiger partial charge in [-0.3, -0.25) is 4.79 Å². The second-order valence-corrected chi connectivity index (χ2v) is 5.85. The zero-order valence-electron chi connectivity index (χ0n) is 13.1. The highest BCUT2D eigenvalue weighted by Crippen LogP contribution is 2.37. The number of hydrogen-bond donors (Lipinski definition) is 3. The maximum Gasteiger partial charge on any atom is 0.402 e. The van der Waals surface area contributed by atoms with Crippen LogP contribution in [0.1, 0.15) is 13.8 Å². The van der Waals surface area contributed by atoms with Crippen LogP contribution in [0.5, 0.6) is 0 Å². The van der Waals surface area contributed by atoms with Crippen molar-refractivity contribution in [3.05, 3.63) is 24.3 Å². The molecule has 2 aromatic rings. The predicted octanol–water partition coefficient (Wildman–Crippen LogP) is 2.31. The highest BCUT2D eigenvalue weighted by Gasteiger charge is 2.52. The van der Waals surface area contributed by atoms with E-state index < -0.39 is 23.6 Å². The molecule has 6 nitrogen and oxygen atoms in total. The Kier molecular flexibility index (Phi) is 5.02. The lowest BCUT2D eigenvalue weighted by molar-refractivity contribution is -0.211. The first-order valence-corrected chi connectivity index (χ1v) is 7.24. The van der Waals surface area contributed by atoms with Gasteiger partial charge in [-0.05, 0) is 26.0 Å². The van der Waals surface area contributed by atoms with Gasteiger partial charge in [0.1, 0.15) is 10.9 Å². The van der Waals surface area contributed by atoms with Gasteiger partial charge in [0, 0.05) is 13.1 Å². The Balaban J connectivity index is 1.83. The first kappa shape index (κ1) is 18.1.